The Morgan fingerprint density at radius 2 is 2.07 bits per heavy atom. The minimum atomic E-state index is 0.283. The normalized spacial score (nSPS) is 10.9. The molecule has 0 atom stereocenters. The SMILES string of the molecule is CCCCCNc1nc(N)nc2ccn(Cc3cc(CC#N)ccc3C)c12. The highest BCUT2D eigenvalue weighted by molar-refractivity contribution is 5.87. The van der Waals surface area contributed by atoms with Crippen LogP contribution in [0.4, 0.5) is 11.8 Å². The lowest BCUT2D eigenvalue weighted by Crippen LogP contribution is -2.09. The number of aryl methyl sites for hydroxylation is 1. The van der Waals surface area contributed by atoms with Gasteiger partial charge in [-0.1, -0.05) is 38.0 Å². The summed E-state index contributed by atoms with van der Waals surface area (Å²) in [6, 6.07) is 10.4. The van der Waals surface area contributed by atoms with E-state index in [-0.39, 0.29) is 5.95 Å². The van der Waals surface area contributed by atoms with E-state index in [2.05, 4.69) is 51.9 Å². The first-order valence-electron chi connectivity index (χ1n) is 9.44. The van der Waals surface area contributed by atoms with Crippen molar-refractivity contribution in [2.24, 2.45) is 0 Å². The van der Waals surface area contributed by atoms with E-state index >= 15 is 0 Å². The van der Waals surface area contributed by atoms with E-state index in [0.717, 1.165) is 35.4 Å². The molecule has 0 aliphatic rings. The average molecular weight is 362 g/mol. The van der Waals surface area contributed by atoms with Gasteiger partial charge in [-0.15, -0.1) is 0 Å². The third-order valence-corrected chi connectivity index (χ3v) is 4.74. The molecule has 0 unspecified atom stereocenters. The van der Waals surface area contributed by atoms with Gasteiger partial charge < -0.3 is 15.6 Å². The van der Waals surface area contributed by atoms with Gasteiger partial charge in [-0.25, -0.2) is 4.98 Å². The fourth-order valence-electron chi connectivity index (χ4n) is 3.24. The molecule has 0 saturated carbocycles. The molecule has 0 aliphatic carbocycles. The van der Waals surface area contributed by atoms with E-state index in [1.165, 1.54) is 24.0 Å². The number of hydrogen-bond donors (Lipinski definition) is 2. The van der Waals surface area contributed by atoms with Gasteiger partial charge in [0.15, 0.2) is 5.82 Å². The summed E-state index contributed by atoms with van der Waals surface area (Å²) in [5.41, 5.74) is 11.1. The highest BCUT2D eigenvalue weighted by Crippen LogP contribution is 2.24. The van der Waals surface area contributed by atoms with Gasteiger partial charge >= 0.3 is 0 Å². The van der Waals surface area contributed by atoms with Gasteiger partial charge in [0.1, 0.15) is 5.52 Å². The Kier molecular flexibility index (Phi) is 5.92. The van der Waals surface area contributed by atoms with E-state index in [9.17, 15) is 0 Å². The number of nitrogens with two attached hydrogens (primary N) is 1. The van der Waals surface area contributed by atoms with Crippen molar-refractivity contribution in [1.29, 1.82) is 5.26 Å². The van der Waals surface area contributed by atoms with Crippen LogP contribution in [0.15, 0.2) is 30.5 Å². The molecule has 0 amide bonds. The number of unbranched alkanes of at least 4 members (excludes halogenated alkanes) is 2. The van der Waals surface area contributed by atoms with Gasteiger partial charge in [-0.3, -0.25) is 0 Å². The Morgan fingerprint density at radius 1 is 1.22 bits per heavy atom. The molecule has 3 rings (SSSR count). The Hall–Kier alpha value is -3.07. The number of nitrogens with one attached hydrogen (secondary N) is 1. The van der Waals surface area contributed by atoms with Crippen LogP contribution in [-0.4, -0.2) is 21.1 Å². The predicted molar refractivity (Wildman–Crippen MR) is 110 cm³/mol. The van der Waals surface area contributed by atoms with Gasteiger partial charge in [0, 0.05) is 19.3 Å². The van der Waals surface area contributed by atoms with Crippen molar-refractivity contribution in [2.75, 3.05) is 17.6 Å². The van der Waals surface area contributed by atoms with Crippen molar-refractivity contribution in [3.63, 3.8) is 0 Å². The van der Waals surface area contributed by atoms with Crippen LogP contribution in [0.25, 0.3) is 11.0 Å². The summed E-state index contributed by atoms with van der Waals surface area (Å²) >= 11 is 0. The van der Waals surface area contributed by atoms with Crippen molar-refractivity contribution in [3.8, 4) is 6.07 Å². The first-order chi connectivity index (χ1) is 13.1. The van der Waals surface area contributed by atoms with Crippen molar-refractivity contribution in [1.82, 2.24) is 14.5 Å². The first-order valence-corrected chi connectivity index (χ1v) is 9.44. The fraction of sp³-hybridized carbons (Fsp3) is 0.381. The van der Waals surface area contributed by atoms with Crippen LogP contribution in [0.1, 0.15) is 42.9 Å². The van der Waals surface area contributed by atoms with Crippen LogP contribution in [0.3, 0.4) is 0 Å². The number of fused-ring (bicyclic) bond motifs is 1. The molecule has 140 valence electrons. The Morgan fingerprint density at radius 3 is 2.85 bits per heavy atom. The molecule has 27 heavy (non-hydrogen) atoms. The molecule has 2 heterocycles. The van der Waals surface area contributed by atoms with Crippen LogP contribution in [0, 0.1) is 18.3 Å². The van der Waals surface area contributed by atoms with Gasteiger partial charge in [-0.05, 0) is 36.1 Å². The molecular formula is C21H26N6. The average Bonchev–Trinajstić information content (AvgIpc) is 3.04. The summed E-state index contributed by atoms with van der Waals surface area (Å²) in [6.07, 6.45) is 5.90. The van der Waals surface area contributed by atoms with Crippen molar-refractivity contribution < 1.29 is 0 Å². The number of anilines is 2. The summed E-state index contributed by atoms with van der Waals surface area (Å²) in [5, 5.41) is 12.4. The molecule has 1 aromatic carbocycles. The molecular weight excluding hydrogens is 336 g/mol. The zero-order valence-corrected chi connectivity index (χ0v) is 16.0. The minimum Gasteiger partial charge on any atom is -0.368 e. The summed E-state index contributed by atoms with van der Waals surface area (Å²) in [7, 11) is 0. The summed E-state index contributed by atoms with van der Waals surface area (Å²) in [5.74, 6) is 1.06. The third kappa shape index (κ3) is 4.37. The van der Waals surface area contributed by atoms with Crippen molar-refractivity contribution >= 4 is 22.8 Å². The first kappa shape index (κ1) is 18.7. The topological polar surface area (TPSA) is 92.5 Å². The standard InChI is InChI=1S/C21H26N6/c1-3-4-5-11-24-20-19-18(25-21(23)26-20)9-12-27(19)14-17-13-16(8-10-22)7-6-15(17)2/h6-7,9,12-13H,3-5,8,11,14H2,1-2H3,(H3,23,24,25,26). The molecule has 3 N–H and O–H groups in total. The van der Waals surface area contributed by atoms with Crippen molar-refractivity contribution in [3.05, 3.63) is 47.2 Å². The van der Waals surface area contributed by atoms with E-state index < -0.39 is 0 Å². The van der Waals surface area contributed by atoms with Gasteiger partial charge in [-0.2, -0.15) is 10.2 Å². The summed E-state index contributed by atoms with van der Waals surface area (Å²) in [6.45, 7) is 5.84. The summed E-state index contributed by atoms with van der Waals surface area (Å²) < 4.78 is 2.15. The van der Waals surface area contributed by atoms with E-state index in [1.807, 2.05) is 18.3 Å². The van der Waals surface area contributed by atoms with E-state index in [1.54, 1.807) is 0 Å². The molecule has 0 radical (unpaired) electrons. The van der Waals surface area contributed by atoms with E-state index in [0.29, 0.717) is 13.0 Å². The highest BCUT2D eigenvalue weighted by Gasteiger charge is 2.12. The molecule has 6 heteroatoms. The molecule has 0 bridgehead atoms. The van der Waals surface area contributed by atoms with Crippen LogP contribution in [-0.2, 0) is 13.0 Å². The molecule has 0 spiro atoms. The molecule has 2 aromatic heterocycles. The van der Waals surface area contributed by atoms with Gasteiger partial charge in [0.05, 0.1) is 18.0 Å². The Bertz CT molecular complexity index is 967. The third-order valence-electron chi connectivity index (χ3n) is 4.74. The Balaban J connectivity index is 1.93. The lowest BCUT2D eigenvalue weighted by Gasteiger charge is -2.13. The van der Waals surface area contributed by atoms with E-state index in [4.69, 9.17) is 11.0 Å². The Labute approximate surface area is 160 Å². The molecule has 6 nitrogen and oxygen atoms in total. The monoisotopic (exact) mass is 362 g/mol. The second-order valence-corrected chi connectivity index (χ2v) is 6.84. The smallest absolute Gasteiger partial charge is 0.222 e. The number of aromatic nitrogens is 3. The second-order valence-electron chi connectivity index (χ2n) is 6.84. The number of nitrogen functional groups attached to an aromatic ring is 1. The van der Waals surface area contributed by atoms with Crippen LogP contribution >= 0.6 is 0 Å². The highest BCUT2D eigenvalue weighted by atomic mass is 15.1. The summed E-state index contributed by atoms with van der Waals surface area (Å²) in [4.78, 5) is 8.81. The van der Waals surface area contributed by atoms with Gasteiger partial charge in [0.25, 0.3) is 0 Å². The number of rotatable bonds is 8. The van der Waals surface area contributed by atoms with Crippen LogP contribution in [0.5, 0.6) is 0 Å². The predicted octanol–water partition coefficient (Wildman–Crippen LogP) is 4.04. The number of nitriles is 1. The van der Waals surface area contributed by atoms with Crippen LogP contribution < -0.4 is 11.1 Å². The maximum absolute atomic E-state index is 8.97. The largest absolute Gasteiger partial charge is 0.368 e. The van der Waals surface area contributed by atoms with Crippen LogP contribution in [0.2, 0.25) is 0 Å². The maximum Gasteiger partial charge on any atom is 0.222 e. The zero-order chi connectivity index (χ0) is 19.2. The minimum absolute atomic E-state index is 0.283. The lowest BCUT2D eigenvalue weighted by atomic mass is 10.0. The fourth-order valence-corrected chi connectivity index (χ4v) is 3.24. The molecule has 0 aliphatic heterocycles. The molecule has 0 fully saturated rings. The second kappa shape index (κ2) is 8.54. The quantitative estimate of drug-likeness (QED) is 0.590. The number of hydrogen-bond acceptors (Lipinski definition) is 5. The molecule has 3 aromatic rings. The number of benzene rings is 1. The molecule has 0 saturated heterocycles. The van der Waals surface area contributed by atoms with Gasteiger partial charge in [0.2, 0.25) is 5.95 Å². The maximum atomic E-state index is 8.97. The van der Waals surface area contributed by atoms with Crippen molar-refractivity contribution in [2.45, 2.75) is 46.1 Å². The lowest BCUT2D eigenvalue weighted by molar-refractivity contribution is 0.742. The number of nitrogens with zero attached hydrogens (tertiary/aromatic N) is 4. The zero-order valence-electron chi connectivity index (χ0n) is 16.0.